The molecule has 1 aliphatic rings. The molecule has 0 atom stereocenters. The molecule has 0 N–H and O–H groups in total. The Bertz CT molecular complexity index is 2980. The van der Waals surface area contributed by atoms with E-state index in [2.05, 4.69) is 158 Å². The molecule has 3 aromatic heterocycles. The normalized spacial score (nSPS) is 13.8. The van der Waals surface area contributed by atoms with Gasteiger partial charge in [-0.15, -0.1) is 22.7 Å². The van der Waals surface area contributed by atoms with Crippen LogP contribution in [0.15, 0.2) is 140 Å². The molecule has 48 heavy (non-hydrogen) atoms. The highest BCUT2D eigenvalue weighted by Crippen LogP contribution is 2.51. The van der Waals surface area contributed by atoms with Gasteiger partial charge in [0.15, 0.2) is 0 Å². The monoisotopic (exact) mass is 647 g/mol. The van der Waals surface area contributed by atoms with Crippen LogP contribution in [0, 0.1) is 0 Å². The van der Waals surface area contributed by atoms with E-state index < -0.39 is 0 Å². The van der Waals surface area contributed by atoms with Crippen molar-refractivity contribution in [3.05, 3.63) is 151 Å². The SMILES string of the molecule is CC1(C)c2ccccc2-c2cc3c4ccccc4n(-c4ccc5sc6c(-c7cccc8c7sc7ccccc78)cccc6c5c4)c3cc21. The van der Waals surface area contributed by atoms with Crippen molar-refractivity contribution in [3.63, 3.8) is 0 Å². The molecule has 0 fully saturated rings. The molecule has 0 radical (unpaired) electrons. The van der Waals surface area contributed by atoms with Gasteiger partial charge in [0.1, 0.15) is 0 Å². The third-order valence-corrected chi connectivity index (χ3v) is 13.2. The molecule has 7 aromatic carbocycles. The lowest BCUT2D eigenvalue weighted by atomic mass is 9.82. The summed E-state index contributed by atoms with van der Waals surface area (Å²) >= 11 is 3.82. The largest absolute Gasteiger partial charge is 0.309 e. The van der Waals surface area contributed by atoms with Crippen LogP contribution in [-0.2, 0) is 5.41 Å². The smallest absolute Gasteiger partial charge is 0.0544 e. The van der Waals surface area contributed by atoms with E-state index in [1.807, 2.05) is 22.7 Å². The van der Waals surface area contributed by atoms with Crippen LogP contribution in [0.4, 0.5) is 0 Å². The number of rotatable bonds is 2. The van der Waals surface area contributed by atoms with Gasteiger partial charge < -0.3 is 4.57 Å². The molecule has 0 amide bonds. The molecule has 226 valence electrons. The number of aromatic nitrogens is 1. The number of hydrogen-bond acceptors (Lipinski definition) is 2. The molecule has 1 aliphatic carbocycles. The molecular formula is C45H29NS2. The summed E-state index contributed by atoms with van der Waals surface area (Å²) in [6.45, 7) is 4.74. The molecule has 0 saturated carbocycles. The summed E-state index contributed by atoms with van der Waals surface area (Å²) in [6.07, 6.45) is 0. The number of benzene rings is 7. The van der Waals surface area contributed by atoms with E-state index in [1.165, 1.54) is 101 Å². The maximum atomic E-state index is 2.49. The summed E-state index contributed by atoms with van der Waals surface area (Å²) in [6, 6.07) is 52.3. The van der Waals surface area contributed by atoms with Crippen molar-refractivity contribution in [3.8, 4) is 27.9 Å². The second-order valence-corrected chi connectivity index (χ2v) is 15.8. The Hall–Kier alpha value is -5.22. The van der Waals surface area contributed by atoms with Crippen LogP contribution < -0.4 is 0 Å². The van der Waals surface area contributed by atoms with Crippen molar-refractivity contribution in [2.75, 3.05) is 0 Å². The van der Waals surface area contributed by atoms with Crippen molar-refractivity contribution < 1.29 is 0 Å². The molecule has 3 heterocycles. The minimum absolute atomic E-state index is 0.0530. The highest BCUT2D eigenvalue weighted by molar-refractivity contribution is 7.27. The Kier molecular flexibility index (Phi) is 5.27. The van der Waals surface area contributed by atoms with Crippen molar-refractivity contribution in [1.29, 1.82) is 0 Å². The van der Waals surface area contributed by atoms with E-state index in [1.54, 1.807) is 0 Å². The van der Waals surface area contributed by atoms with Gasteiger partial charge >= 0.3 is 0 Å². The van der Waals surface area contributed by atoms with E-state index >= 15 is 0 Å². The second-order valence-electron chi connectivity index (χ2n) is 13.7. The number of hydrogen-bond donors (Lipinski definition) is 0. The van der Waals surface area contributed by atoms with Gasteiger partial charge in [0, 0.05) is 73.3 Å². The number of thiophene rings is 2. The minimum Gasteiger partial charge on any atom is -0.309 e. The average Bonchev–Trinajstić information content (AvgIpc) is 3.84. The van der Waals surface area contributed by atoms with Crippen LogP contribution in [0.3, 0.4) is 0 Å². The summed E-state index contributed by atoms with van der Waals surface area (Å²) in [5.74, 6) is 0. The maximum Gasteiger partial charge on any atom is 0.0544 e. The van der Waals surface area contributed by atoms with Crippen molar-refractivity contribution in [2.45, 2.75) is 19.3 Å². The lowest BCUT2D eigenvalue weighted by molar-refractivity contribution is 0.661. The van der Waals surface area contributed by atoms with E-state index in [0.29, 0.717) is 0 Å². The van der Waals surface area contributed by atoms with Gasteiger partial charge in [0.25, 0.3) is 0 Å². The Labute approximate surface area is 285 Å². The zero-order valence-corrected chi connectivity index (χ0v) is 28.2. The van der Waals surface area contributed by atoms with Gasteiger partial charge in [-0.3, -0.25) is 0 Å². The van der Waals surface area contributed by atoms with Crippen LogP contribution in [0.1, 0.15) is 25.0 Å². The van der Waals surface area contributed by atoms with Gasteiger partial charge in [0.2, 0.25) is 0 Å². The van der Waals surface area contributed by atoms with Gasteiger partial charge in [-0.25, -0.2) is 0 Å². The molecule has 0 aliphatic heterocycles. The number of para-hydroxylation sites is 1. The third kappa shape index (κ3) is 3.45. The average molecular weight is 648 g/mol. The predicted molar refractivity (Wildman–Crippen MR) is 210 cm³/mol. The van der Waals surface area contributed by atoms with Crippen LogP contribution in [0.25, 0.3) is 90.1 Å². The third-order valence-electron chi connectivity index (χ3n) is 10.8. The lowest BCUT2D eigenvalue weighted by Crippen LogP contribution is -2.14. The van der Waals surface area contributed by atoms with E-state index in [4.69, 9.17) is 0 Å². The second kappa shape index (κ2) is 9.44. The first-order valence-electron chi connectivity index (χ1n) is 16.6. The Balaban J connectivity index is 1.15. The van der Waals surface area contributed by atoms with Gasteiger partial charge in [-0.1, -0.05) is 111 Å². The van der Waals surface area contributed by atoms with Crippen LogP contribution in [0.2, 0.25) is 0 Å². The summed E-state index contributed by atoms with van der Waals surface area (Å²) in [4.78, 5) is 0. The molecule has 0 spiro atoms. The Morgan fingerprint density at radius 3 is 1.85 bits per heavy atom. The van der Waals surface area contributed by atoms with Gasteiger partial charge in [-0.2, -0.15) is 0 Å². The fraction of sp³-hybridized carbons (Fsp3) is 0.0667. The zero-order chi connectivity index (χ0) is 31.7. The standard InChI is InChI=1S/C45H29NS2/c1-45(2)37-18-6-3-11-27(37)34-24-35-28-12-4-7-19-39(28)46(40(35)25-38(34)45)26-21-22-42-36(23-26)33-17-10-16-32(44(33)48-42)31-15-9-14-30-29-13-5-8-20-41(29)47-43(30)31/h3-25H,1-2H3. The first-order chi connectivity index (χ1) is 23.6. The summed E-state index contributed by atoms with van der Waals surface area (Å²) in [5, 5.41) is 7.94. The molecule has 0 saturated heterocycles. The van der Waals surface area contributed by atoms with Crippen molar-refractivity contribution in [2.24, 2.45) is 0 Å². The lowest BCUT2D eigenvalue weighted by Gasteiger charge is -2.21. The van der Waals surface area contributed by atoms with Gasteiger partial charge in [0.05, 0.1) is 11.0 Å². The van der Waals surface area contributed by atoms with Crippen molar-refractivity contribution in [1.82, 2.24) is 4.57 Å². The van der Waals surface area contributed by atoms with Gasteiger partial charge in [-0.05, 0) is 64.7 Å². The first kappa shape index (κ1) is 26.8. The fourth-order valence-corrected chi connectivity index (χ4v) is 11.0. The minimum atomic E-state index is -0.0530. The number of nitrogens with zero attached hydrogens (tertiary/aromatic N) is 1. The molecule has 1 nitrogen and oxygen atoms in total. The highest BCUT2D eigenvalue weighted by Gasteiger charge is 2.36. The fourth-order valence-electron chi connectivity index (χ4n) is 8.54. The Morgan fingerprint density at radius 2 is 1.04 bits per heavy atom. The van der Waals surface area contributed by atoms with Crippen molar-refractivity contribution >= 4 is 84.8 Å². The molecule has 0 unspecified atom stereocenters. The van der Waals surface area contributed by atoms with Crippen LogP contribution >= 0.6 is 22.7 Å². The van der Waals surface area contributed by atoms with E-state index in [9.17, 15) is 0 Å². The first-order valence-corrected chi connectivity index (χ1v) is 18.2. The Morgan fingerprint density at radius 1 is 0.417 bits per heavy atom. The van der Waals surface area contributed by atoms with E-state index in [-0.39, 0.29) is 5.41 Å². The summed E-state index contributed by atoms with van der Waals surface area (Å²) < 4.78 is 7.89. The molecular weight excluding hydrogens is 619 g/mol. The zero-order valence-electron chi connectivity index (χ0n) is 26.5. The molecule has 0 bridgehead atoms. The summed E-state index contributed by atoms with van der Waals surface area (Å²) in [5.41, 5.74) is 11.9. The predicted octanol–water partition coefficient (Wildman–Crippen LogP) is 13.5. The van der Waals surface area contributed by atoms with E-state index in [0.717, 1.165) is 0 Å². The van der Waals surface area contributed by atoms with Crippen LogP contribution in [0.5, 0.6) is 0 Å². The number of fused-ring (bicyclic) bond motifs is 12. The quantitative estimate of drug-likeness (QED) is 0.176. The molecule has 3 heteroatoms. The molecule has 10 aromatic rings. The maximum absolute atomic E-state index is 2.49. The van der Waals surface area contributed by atoms with Crippen LogP contribution in [-0.4, -0.2) is 4.57 Å². The summed E-state index contributed by atoms with van der Waals surface area (Å²) in [7, 11) is 0. The highest BCUT2D eigenvalue weighted by atomic mass is 32.1. The topological polar surface area (TPSA) is 4.93 Å². The molecule has 11 rings (SSSR count).